The van der Waals surface area contributed by atoms with Gasteiger partial charge in [-0.2, -0.15) is 0 Å². The molecule has 2 aromatic rings. The van der Waals surface area contributed by atoms with Crippen molar-refractivity contribution >= 4 is 10.9 Å². The van der Waals surface area contributed by atoms with Crippen LogP contribution in [0.1, 0.15) is 18.2 Å². The van der Waals surface area contributed by atoms with Crippen LogP contribution in [0.25, 0.3) is 10.9 Å². The first kappa shape index (κ1) is 11.2. The minimum Gasteiger partial charge on any atom is -0.345 e. The second kappa shape index (κ2) is 4.71. The number of hydrogen-bond acceptors (Lipinski definition) is 1. The summed E-state index contributed by atoms with van der Waals surface area (Å²) in [6, 6.07) is 9.08. The van der Waals surface area contributed by atoms with E-state index in [1.807, 2.05) is 7.05 Å². The summed E-state index contributed by atoms with van der Waals surface area (Å²) in [5.41, 5.74) is 4.12. The van der Waals surface area contributed by atoms with Gasteiger partial charge in [0.15, 0.2) is 0 Å². The molecule has 2 rings (SSSR count). The zero-order valence-corrected chi connectivity index (χ0v) is 10.4. The third-order valence-electron chi connectivity index (χ3n) is 3.15. The number of aryl methyl sites for hydroxylation is 2. The van der Waals surface area contributed by atoms with Gasteiger partial charge in [0.25, 0.3) is 0 Å². The maximum atomic E-state index is 3.19. The number of hydrogen-bond donors (Lipinski definition) is 1. The molecule has 86 valence electrons. The van der Waals surface area contributed by atoms with Crippen LogP contribution >= 0.6 is 0 Å². The molecule has 2 nitrogen and oxygen atoms in total. The van der Waals surface area contributed by atoms with Crippen LogP contribution in [-0.4, -0.2) is 18.2 Å². The van der Waals surface area contributed by atoms with Crippen LogP contribution in [0.2, 0.25) is 0 Å². The van der Waals surface area contributed by atoms with Crippen LogP contribution < -0.4 is 5.32 Å². The fourth-order valence-corrected chi connectivity index (χ4v) is 2.30. The highest BCUT2D eigenvalue weighted by atomic mass is 15.0. The fraction of sp³-hybridized carbons (Fsp3) is 0.429. The maximum absolute atomic E-state index is 3.19. The summed E-state index contributed by atoms with van der Waals surface area (Å²) in [7, 11) is 2.00. The molecule has 1 N–H and O–H groups in total. The number of nitrogens with one attached hydrogen (secondary N) is 1. The molecule has 0 radical (unpaired) electrons. The molecule has 0 aliphatic carbocycles. The third-order valence-corrected chi connectivity index (χ3v) is 3.15. The van der Waals surface area contributed by atoms with E-state index in [9.17, 15) is 0 Å². The number of aromatic nitrogens is 1. The Morgan fingerprint density at radius 1 is 1.25 bits per heavy atom. The van der Waals surface area contributed by atoms with E-state index in [0.29, 0.717) is 0 Å². The van der Waals surface area contributed by atoms with E-state index in [1.165, 1.54) is 22.2 Å². The van der Waals surface area contributed by atoms with Crippen molar-refractivity contribution in [1.82, 2.24) is 9.88 Å². The van der Waals surface area contributed by atoms with Crippen molar-refractivity contribution in [1.29, 1.82) is 0 Å². The standard InChI is InChI=1S/C14H20N2/c1-4-16-11(2)9-13-10-12(7-8-15-3)5-6-14(13)16/h5-6,9-10,15H,4,7-8H2,1-3H3. The lowest BCUT2D eigenvalue weighted by molar-refractivity contribution is 0.769. The molecule has 0 saturated heterocycles. The Bertz CT molecular complexity index is 483. The molecule has 0 atom stereocenters. The van der Waals surface area contributed by atoms with Gasteiger partial charge in [-0.3, -0.25) is 0 Å². The minimum absolute atomic E-state index is 1.04. The highest BCUT2D eigenvalue weighted by Crippen LogP contribution is 2.21. The molecule has 1 aromatic carbocycles. The van der Waals surface area contributed by atoms with Gasteiger partial charge in [-0.1, -0.05) is 6.07 Å². The van der Waals surface area contributed by atoms with Crippen LogP contribution in [0.5, 0.6) is 0 Å². The molecule has 0 bridgehead atoms. The molecular weight excluding hydrogens is 196 g/mol. The molecule has 0 spiro atoms. The molecule has 0 aliphatic rings. The van der Waals surface area contributed by atoms with Gasteiger partial charge >= 0.3 is 0 Å². The number of benzene rings is 1. The van der Waals surface area contributed by atoms with Crippen molar-refractivity contribution < 1.29 is 0 Å². The average molecular weight is 216 g/mol. The van der Waals surface area contributed by atoms with Crippen LogP contribution in [0.4, 0.5) is 0 Å². The van der Waals surface area contributed by atoms with Crippen LogP contribution in [0.15, 0.2) is 24.3 Å². The highest BCUT2D eigenvalue weighted by molar-refractivity contribution is 5.82. The zero-order chi connectivity index (χ0) is 11.5. The lowest BCUT2D eigenvalue weighted by Crippen LogP contribution is -2.10. The minimum atomic E-state index is 1.04. The first-order valence-corrected chi connectivity index (χ1v) is 5.99. The van der Waals surface area contributed by atoms with Crippen molar-refractivity contribution in [3.63, 3.8) is 0 Å². The van der Waals surface area contributed by atoms with Crippen molar-refractivity contribution in [2.24, 2.45) is 0 Å². The van der Waals surface area contributed by atoms with E-state index in [-0.39, 0.29) is 0 Å². The van der Waals surface area contributed by atoms with Gasteiger partial charge < -0.3 is 9.88 Å². The summed E-state index contributed by atoms with van der Waals surface area (Å²) in [6.45, 7) is 6.46. The van der Waals surface area contributed by atoms with Crippen molar-refractivity contribution in [3.05, 3.63) is 35.5 Å². The predicted molar refractivity (Wildman–Crippen MR) is 70.0 cm³/mol. The molecular formula is C14H20N2. The summed E-state index contributed by atoms with van der Waals surface area (Å²) in [5, 5.41) is 4.56. The average Bonchev–Trinajstić information content (AvgIpc) is 2.60. The SMILES string of the molecule is CCn1c(C)cc2cc(CCNC)ccc21. The summed E-state index contributed by atoms with van der Waals surface area (Å²) in [6.07, 6.45) is 1.10. The van der Waals surface area contributed by atoms with Crippen LogP contribution in [0.3, 0.4) is 0 Å². The molecule has 0 aliphatic heterocycles. The zero-order valence-electron chi connectivity index (χ0n) is 10.4. The van der Waals surface area contributed by atoms with E-state index in [1.54, 1.807) is 0 Å². The Balaban J connectivity index is 2.39. The normalized spacial score (nSPS) is 11.2. The van der Waals surface area contributed by atoms with Gasteiger partial charge in [0.2, 0.25) is 0 Å². The fourth-order valence-electron chi connectivity index (χ4n) is 2.30. The number of fused-ring (bicyclic) bond motifs is 1. The smallest absolute Gasteiger partial charge is 0.0482 e. The summed E-state index contributed by atoms with van der Waals surface area (Å²) < 4.78 is 2.36. The quantitative estimate of drug-likeness (QED) is 0.831. The summed E-state index contributed by atoms with van der Waals surface area (Å²) >= 11 is 0. The van der Waals surface area contributed by atoms with E-state index in [2.05, 4.69) is 48.0 Å². The Labute approximate surface area is 97.3 Å². The lowest BCUT2D eigenvalue weighted by Gasteiger charge is -2.05. The third kappa shape index (κ3) is 1.98. The van der Waals surface area contributed by atoms with Gasteiger partial charge in [0.05, 0.1) is 0 Å². The first-order valence-electron chi connectivity index (χ1n) is 5.99. The lowest BCUT2D eigenvalue weighted by atomic mass is 10.1. The largest absolute Gasteiger partial charge is 0.345 e. The van der Waals surface area contributed by atoms with Gasteiger partial charge in [-0.25, -0.2) is 0 Å². The highest BCUT2D eigenvalue weighted by Gasteiger charge is 2.04. The topological polar surface area (TPSA) is 17.0 Å². The maximum Gasteiger partial charge on any atom is 0.0482 e. The number of rotatable bonds is 4. The summed E-state index contributed by atoms with van der Waals surface area (Å²) in [5.74, 6) is 0. The molecule has 1 heterocycles. The van der Waals surface area contributed by atoms with Gasteiger partial charge in [-0.05, 0) is 57.6 Å². The molecule has 1 aromatic heterocycles. The molecule has 16 heavy (non-hydrogen) atoms. The predicted octanol–water partition coefficient (Wildman–Crippen LogP) is 2.73. The van der Waals surface area contributed by atoms with E-state index >= 15 is 0 Å². The monoisotopic (exact) mass is 216 g/mol. The summed E-state index contributed by atoms with van der Waals surface area (Å²) in [4.78, 5) is 0. The van der Waals surface area contributed by atoms with Crippen molar-refractivity contribution in [2.45, 2.75) is 26.8 Å². The van der Waals surface area contributed by atoms with Gasteiger partial charge in [0, 0.05) is 23.1 Å². The number of nitrogens with zero attached hydrogens (tertiary/aromatic N) is 1. The van der Waals surface area contributed by atoms with E-state index in [4.69, 9.17) is 0 Å². The Hall–Kier alpha value is -1.28. The Kier molecular flexibility index (Phi) is 3.30. The van der Waals surface area contributed by atoms with Crippen molar-refractivity contribution in [3.8, 4) is 0 Å². The van der Waals surface area contributed by atoms with Crippen LogP contribution in [0, 0.1) is 6.92 Å². The molecule has 0 amide bonds. The molecule has 0 saturated carbocycles. The second-order valence-electron chi connectivity index (χ2n) is 4.28. The Morgan fingerprint density at radius 3 is 2.75 bits per heavy atom. The number of likely N-dealkylation sites (N-methyl/N-ethyl adjacent to an activating group) is 1. The van der Waals surface area contributed by atoms with Gasteiger partial charge in [-0.15, -0.1) is 0 Å². The molecule has 2 heteroatoms. The Morgan fingerprint density at radius 2 is 2.06 bits per heavy atom. The van der Waals surface area contributed by atoms with E-state index in [0.717, 1.165) is 19.5 Å². The van der Waals surface area contributed by atoms with Crippen LogP contribution in [-0.2, 0) is 13.0 Å². The van der Waals surface area contributed by atoms with Crippen molar-refractivity contribution in [2.75, 3.05) is 13.6 Å². The molecule has 0 fully saturated rings. The van der Waals surface area contributed by atoms with Gasteiger partial charge in [0.1, 0.15) is 0 Å². The van der Waals surface area contributed by atoms with E-state index < -0.39 is 0 Å². The molecule has 0 unspecified atom stereocenters. The second-order valence-corrected chi connectivity index (χ2v) is 4.28. The first-order chi connectivity index (χ1) is 7.76.